The van der Waals surface area contributed by atoms with E-state index in [-0.39, 0.29) is 38.2 Å². The fourth-order valence-electron chi connectivity index (χ4n) is 3.80. The predicted octanol–water partition coefficient (Wildman–Crippen LogP) is 1.36. The van der Waals surface area contributed by atoms with Crippen molar-refractivity contribution in [3.8, 4) is 5.75 Å². The summed E-state index contributed by atoms with van der Waals surface area (Å²) in [5, 5.41) is 25.0. The topological polar surface area (TPSA) is 176 Å². The highest BCUT2D eigenvalue weighted by Gasteiger charge is 2.32. The van der Waals surface area contributed by atoms with Gasteiger partial charge in [-0.3, -0.25) is 9.59 Å². The molecule has 1 aromatic heterocycles. The number of hydrogen-bond acceptors (Lipinski definition) is 12. The normalized spacial score (nSPS) is 13.0. The molecule has 16 heteroatoms. The van der Waals surface area contributed by atoms with Gasteiger partial charge in [-0.05, 0) is 55.7 Å². The first-order chi connectivity index (χ1) is 21.4. The lowest BCUT2D eigenvalue weighted by molar-refractivity contribution is -0.198. The average Bonchev–Trinajstić information content (AvgIpc) is 3.59. The molecule has 0 aliphatic carbocycles. The molecule has 1 fully saturated rings. The molecule has 2 aromatic rings. The van der Waals surface area contributed by atoms with Gasteiger partial charge in [0.1, 0.15) is 5.75 Å². The van der Waals surface area contributed by atoms with Crippen LogP contribution in [-0.4, -0.2) is 107 Å². The van der Waals surface area contributed by atoms with Crippen molar-refractivity contribution in [1.29, 1.82) is 0 Å². The molecule has 2 amide bonds. The number of carbonyl (C=O) groups is 3. The van der Waals surface area contributed by atoms with Crippen LogP contribution in [0.1, 0.15) is 37.8 Å². The van der Waals surface area contributed by atoms with Gasteiger partial charge in [-0.2, -0.15) is 0 Å². The van der Waals surface area contributed by atoms with Gasteiger partial charge in [-0.15, -0.1) is 10.2 Å². The van der Waals surface area contributed by atoms with E-state index in [1.165, 1.54) is 0 Å². The van der Waals surface area contributed by atoms with Crippen molar-refractivity contribution in [2.45, 2.75) is 45.1 Å². The number of phenols is 1. The highest BCUT2D eigenvalue weighted by atomic mass is 32.1. The third-order valence-corrected chi connectivity index (χ3v) is 6.33. The molecule has 0 atom stereocenters. The Bertz CT molecular complexity index is 1160. The number of unbranched alkanes of at least 4 members (excludes halogenated alkanes) is 1. The summed E-state index contributed by atoms with van der Waals surface area (Å²) in [6.07, 6.45) is 4.67. The molecule has 3 N–H and O–H groups in total. The lowest BCUT2D eigenvalue weighted by Gasteiger charge is -2.12. The summed E-state index contributed by atoms with van der Waals surface area (Å²) in [5.74, 6) is -1.51. The zero-order chi connectivity index (χ0) is 31.4. The zero-order valence-corrected chi connectivity index (χ0v) is 25.4. The number of carbonyl (C=O) groups excluding carboxylic acids is 3. The standard InChI is InChI=1S/C28H40N6O9S/c35-24-6-4-22(5-7-24)30-28(44)29-11-2-1-3-23-21-33(32-31-23)12-14-40-16-18-42-20-19-41-17-15-39-13-10-27(38)43-34-25(36)8-9-26(34)37/h4-7,21,35H,1-3,8-20H2,(H2,29,30,44). The maximum Gasteiger partial charge on any atom is 0.335 e. The maximum absolute atomic E-state index is 11.7. The van der Waals surface area contributed by atoms with E-state index in [4.69, 9.17) is 36.0 Å². The van der Waals surface area contributed by atoms with E-state index in [0.29, 0.717) is 56.4 Å². The SMILES string of the molecule is O=C(CCOCCOCCOCCOCCn1cc(CCCCNC(=S)Nc2ccc(O)cc2)nn1)ON1C(=O)CCC1=O. The second-order valence-electron chi connectivity index (χ2n) is 9.60. The Morgan fingerprint density at radius 2 is 1.50 bits per heavy atom. The molecule has 2 heterocycles. The van der Waals surface area contributed by atoms with E-state index in [1.807, 2.05) is 6.20 Å². The third-order valence-electron chi connectivity index (χ3n) is 6.09. The first kappa shape index (κ1) is 34.8. The Morgan fingerprint density at radius 1 is 0.886 bits per heavy atom. The smallest absolute Gasteiger partial charge is 0.335 e. The van der Waals surface area contributed by atoms with Gasteiger partial charge >= 0.3 is 5.97 Å². The highest BCUT2D eigenvalue weighted by molar-refractivity contribution is 7.80. The van der Waals surface area contributed by atoms with Gasteiger partial charge in [-0.1, -0.05) is 5.21 Å². The van der Waals surface area contributed by atoms with Crippen molar-refractivity contribution < 1.29 is 43.3 Å². The number of rotatable bonds is 22. The zero-order valence-electron chi connectivity index (χ0n) is 24.6. The predicted molar refractivity (Wildman–Crippen MR) is 160 cm³/mol. The molecule has 1 aromatic carbocycles. The van der Waals surface area contributed by atoms with Crippen LogP contribution in [-0.2, 0) is 51.1 Å². The second-order valence-corrected chi connectivity index (χ2v) is 10.0. The van der Waals surface area contributed by atoms with E-state index >= 15 is 0 Å². The summed E-state index contributed by atoms with van der Waals surface area (Å²) >= 11 is 5.28. The number of anilines is 1. The van der Waals surface area contributed by atoms with Crippen LogP contribution >= 0.6 is 12.2 Å². The fraction of sp³-hybridized carbons (Fsp3) is 0.571. The van der Waals surface area contributed by atoms with Crippen LogP contribution in [0.3, 0.4) is 0 Å². The molecule has 0 saturated carbocycles. The van der Waals surface area contributed by atoms with E-state index in [0.717, 1.165) is 37.2 Å². The maximum atomic E-state index is 11.7. The third kappa shape index (κ3) is 14.2. The van der Waals surface area contributed by atoms with Gasteiger partial charge < -0.3 is 39.5 Å². The molecule has 1 saturated heterocycles. The summed E-state index contributed by atoms with van der Waals surface area (Å²) in [5.41, 5.74) is 1.74. The Kier molecular flexibility index (Phi) is 16.0. The van der Waals surface area contributed by atoms with Crippen molar-refractivity contribution in [2.75, 3.05) is 64.7 Å². The van der Waals surface area contributed by atoms with Gasteiger partial charge in [0.25, 0.3) is 11.8 Å². The molecule has 3 rings (SSSR count). The van der Waals surface area contributed by atoms with E-state index in [2.05, 4.69) is 20.9 Å². The lowest BCUT2D eigenvalue weighted by Crippen LogP contribution is -2.32. The Morgan fingerprint density at radius 3 is 2.16 bits per heavy atom. The average molecular weight is 637 g/mol. The van der Waals surface area contributed by atoms with Crippen molar-refractivity contribution in [3.63, 3.8) is 0 Å². The van der Waals surface area contributed by atoms with Crippen LogP contribution in [0.2, 0.25) is 0 Å². The Hall–Kier alpha value is -3.70. The first-order valence-electron chi connectivity index (χ1n) is 14.5. The molecular formula is C28H40N6O9S. The number of amides is 2. The van der Waals surface area contributed by atoms with Gasteiger partial charge in [0, 0.05) is 31.3 Å². The molecule has 0 spiro atoms. The molecule has 15 nitrogen and oxygen atoms in total. The van der Waals surface area contributed by atoms with E-state index in [1.54, 1.807) is 28.9 Å². The number of benzene rings is 1. The van der Waals surface area contributed by atoms with Crippen molar-refractivity contribution in [2.24, 2.45) is 0 Å². The number of hydroxylamine groups is 2. The van der Waals surface area contributed by atoms with Crippen LogP contribution < -0.4 is 10.6 Å². The van der Waals surface area contributed by atoms with Gasteiger partial charge in [0.05, 0.1) is 71.5 Å². The number of thiocarbonyl (C=S) groups is 1. The largest absolute Gasteiger partial charge is 0.508 e. The molecule has 0 radical (unpaired) electrons. The summed E-state index contributed by atoms with van der Waals surface area (Å²) < 4.78 is 23.5. The van der Waals surface area contributed by atoms with Crippen molar-refractivity contribution in [3.05, 3.63) is 36.2 Å². The van der Waals surface area contributed by atoms with E-state index in [9.17, 15) is 19.5 Å². The Labute approximate surface area is 261 Å². The van der Waals surface area contributed by atoms with Gasteiger partial charge in [0.2, 0.25) is 0 Å². The number of aryl methyl sites for hydroxylation is 1. The number of nitrogens with zero attached hydrogens (tertiary/aromatic N) is 4. The minimum atomic E-state index is -0.699. The van der Waals surface area contributed by atoms with Crippen molar-refractivity contribution >= 4 is 40.8 Å². The van der Waals surface area contributed by atoms with Gasteiger partial charge in [0.15, 0.2) is 5.11 Å². The summed E-state index contributed by atoms with van der Waals surface area (Å²) in [7, 11) is 0. The number of imide groups is 1. The number of hydrogen-bond donors (Lipinski definition) is 3. The lowest BCUT2D eigenvalue weighted by atomic mass is 10.2. The summed E-state index contributed by atoms with van der Waals surface area (Å²) in [6, 6.07) is 6.71. The number of aromatic nitrogens is 3. The fourth-order valence-corrected chi connectivity index (χ4v) is 4.02. The summed E-state index contributed by atoms with van der Waals surface area (Å²) in [6.45, 7) is 4.25. The number of ether oxygens (including phenoxy) is 4. The number of aromatic hydroxyl groups is 1. The van der Waals surface area contributed by atoms with Crippen LogP contribution in [0.25, 0.3) is 0 Å². The quantitative estimate of drug-likeness (QED) is 0.0731. The molecular weight excluding hydrogens is 596 g/mol. The molecule has 0 unspecified atom stereocenters. The highest BCUT2D eigenvalue weighted by Crippen LogP contribution is 2.14. The monoisotopic (exact) mass is 636 g/mol. The molecule has 1 aliphatic heterocycles. The minimum Gasteiger partial charge on any atom is -0.508 e. The minimum absolute atomic E-state index is 0.0592. The number of nitrogens with one attached hydrogen (secondary N) is 2. The molecule has 242 valence electrons. The van der Waals surface area contributed by atoms with E-state index < -0.39 is 17.8 Å². The Balaban J connectivity index is 1.06. The first-order valence-corrected chi connectivity index (χ1v) is 14.9. The molecule has 0 bridgehead atoms. The van der Waals surface area contributed by atoms with Crippen LogP contribution in [0.5, 0.6) is 5.75 Å². The summed E-state index contributed by atoms with van der Waals surface area (Å²) in [4.78, 5) is 39.2. The van der Waals surface area contributed by atoms with Crippen molar-refractivity contribution in [1.82, 2.24) is 25.4 Å². The van der Waals surface area contributed by atoms with Crippen LogP contribution in [0.15, 0.2) is 30.5 Å². The molecule has 1 aliphatic rings. The number of phenolic OH excluding ortho intramolecular Hbond substituents is 1. The van der Waals surface area contributed by atoms with Crippen LogP contribution in [0, 0.1) is 0 Å². The molecule has 44 heavy (non-hydrogen) atoms. The second kappa shape index (κ2) is 20.3. The van der Waals surface area contributed by atoms with Crippen LogP contribution in [0.4, 0.5) is 5.69 Å². The van der Waals surface area contributed by atoms with Gasteiger partial charge in [-0.25, -0.2) is 9.48 Å².